The zero-order valence-corrected chi connectivity index (χ0v) is 14.1. The van der Waals surface area contributed by atoms with Crippen LogP contribution in [-0.2, 0) is 11.3 Å². The second kappa shape index (κ2) is 7.63. The highest BCUT2D eigenvalue weighted by atomic mass is 16.5. The maximum absolute atomic E-state index is 11.9. The normalized spacial score (nSPS) is 21.2. The maximum atomic E-state index is 11.9. The number of rotatable bonds is 7. The van der Waals surface area contributed by atoms with Crippen molar-refractivity contribution in [1.82, 2.24) is 19.7 Å². The van der Waals surface area contributed by atoms with Gasteiger partial charge in [-0.05, 0) is 25.5 Å². The molecular weight excluding hydrogens is 308 g/mol. The van der Waals surface area contributed by atoms with E-state index in [2.05, 4.69) is 15.1 Å². The van der Waals surface area contributed by atoms with Crippen molar-refractivity contribution in [2.24, 2.45) is 0 Å². The fourth-order valence-corrected chi connectivity index (χ4v) is 3.24. The summed E-state index contributed by atoms with van der Waals surface area (Å²) >= 11 is 0. The van der Waals surface area contributed by atoms with Gasteiger partial charge in [-0.15, -0.1) is 0 Å². The van der Waals surface area contributed by atoms with E-state index in [1.165, 1.54) is 0 Å². The first kappa shape index (κ1) is 16.7. The number of hydrogen-bond donors (Lipinski definition) is 1. The average molecular weight is 332 g/mol. The Labute approximate surface area is 141 Å². The molecule has 1 aliphatic rings. The van der Waals surface area contributed by atoms with Gasteiger partial charge in [0.15, 0.2) is 5.82 Å². The monoisotopic (exact) mass is 332 g/mol. The number of aromatic nitrogens is 3. The lowest BCUT2D eigenvalue weighted by Gasteiger charge is -2.23. The van der Waals surface area contributed by atoms with E-state index in [0.717, 1.165) is 31.1 Å². The summed E-state index contributed by atoms with van der Waals surface area (Å²) in [6.45, 7) is 4.70. The van der Waals surface area contributed by atoms with Gasteiger partial charge in [-0.2, -0.15) is 5.10 Å². The summed E-state index contributed by atoms with van der Waals surface area (Å²) in [5.74, 6) is 1.64. The van der Waals surface area contributed by atoms with E-state index in [4.69, 9.17) is 9.47 Å². The minimum absolute atomic E-state index is 0.0632. The molecule has 2 heterocycles. The molecule has 7 nitrogen and oxygen atoms in total. The van der Waals surface area contributed by atoms with E-state index in [9.17, 15) is 4.79 Å². The zero-order chi connectivity index (χ0) is 16.9. The highest BCUT2D eigenvalue weighted by Gasteiger charge is 2.36. The molecular formula is C17H24N4O3. The smallest absolute Gasteiger partial charge is 0.343 e. The Morgan fingerprint density at radius 1 is 1.33 bits per heavy atom. The lowest BCUT2D eigenvalue weighted by atomic mass is 10.2. The van der Waals surface area contributed by atoms with Gasteiger partial charge in [-0.1, -0.05) is 18.2 Å². The Balaban J connectivity index is 1.68. The van der Waals surface area contributed by atoms with Crippen molar-refractivity contribution >= 4 is 0 Å². The number of benzene rings is 1. The molecule has 7 heteroatoms. The summed E-state index contributed by atoms with van der Waals surface area (Å²) in [5, 5.41) is 6.80. The molecule has 2 aromatic rings. The minimum Gasteiger partial charge on any atom is -0.492 e. The molecule has 2 atom stereocenters. The minimum atomic E-state index is -0.158. The van der Waals surface area contributed by atoms with Crippen molar-refractivity contribution in [3.63, 3.8) is 0 Å². The van der Waals surface area contributed by atoms with Crippen molar-refractivity contribution in [3.8, 4) is 5.75 Å². The molecule has 0 bridgehead atoms. The lowest BCUT2D eigenvalue weighted by Crippen LogP contribution is -2.31. The third-order valence-electron chi connectivity index (χ3n) is 4.49. The van der Waals surface area contributed by atoms with Gasteiger partial charge in [0.05, 0.1) is 12.1 Å². The summed E-state index contributed by atoms with van der Waals surface area (Å²) in [7, 11) is 1.73. The molecule has 24 heavy (non-hydrogen) atoms. The molecule has 1 aromatic heterocycles. The van der Waals surface area contributed by atoms with E-state index in [0.29, 0.717) is 13.2 Å². The number of H-pyrrole nitrogens is 1. The summed E-state index contributed by atoms with van der Waals surface area (Å²) in [5.41, 5.74) is -0.158. The van der Waals surface area contributed by atoms with Crippen LogP contribution in [0.5, 0.6) is 5.75 Å². The van der Waals surface area contributed by atoms with E-state index in [1.807, 2.05) is 37.3 Å². The SMILES string of the molecule is CCn1c([C@@H]2C[C@H](OC)CN2CCOc2ccccc2)n[nH]c1=O. The van der Waals surface area contributed by atoms with Crippen molar-refractivity contribution in [3.05, 3.63) is 46.6 Å². The molecule has 1 N–H and O–H groups in total. The number of nitrogens with one attached hydrogen (secondary N) is 1. The highest BCUT2D eigenvalue weighted by Crippen LogP contribution is 2.31. The summed E-state index contributed by atoms with van der Waals surface area (Å²) < 4.78 is 13.0. The predicted molar refractivity (Wildman–Crippen MR) is 90.2 cm³/mol. The summed E-state index contributed by atoms with van der Waals surface area (Å²) in [6.07, 6.45) is 0.968. The van der Waals surface area contributed by atoms with Gasteiger partial charge in [0.2, 0.25) is 0 Å². The first-order valence-electron chi connectivity index (χ1n) is 8.32. The Morgan fingerprint density at radius 2 is 2.12 bits per heavy atom. The first-order valence-corrected chi connectivity index (χ1v) is 8.32. The predicted octanol–water partition coefficient (Wildman–Crippen LogP) is 1.43. The van der Waals surface area contributed by atoms with Crippen LogP contribution in [-0.4, -0.2) is 52.6 Å². The Morgan fingerprint density at radius 3 is 2.83 bits per heavy atom. The highest BCUT2D eigenvalue weighted by molar-refractivity contribution is 5.20. The fraction of sp³-hybridized carbons (Fsp3) is 0.529. The maximum Gasteiger partial charge on any atom is 0.343 e. The second-order valence-electron chi connectivity index (χ2n) is 5.90. The molecule has 0 radical (unpaired) electrons. The van der Waals surface area contributed by atoms with Crippen LogP contribution in [0.1, 0.15) is 25.2 Å². The van der Waals surface area contributed by atoms with Crippen LogP contribution < -0.4 is 10.4 Å². The molecule has 3 rings (SSSR count). The fourth-order valence-electron chi connectivity index (χ4n) is 3.24. The van der Waals surface area contributed by atoms with E-state index < -0.39 is 0 Å². The third kappa shape index (κ3) is 3.52. The second-order valence-corrected chi connectivity index (χ2v) is 5.90. The van der Waals surface area contributed by atoms with Crippen molar-refractivity contribution in [2.45, 2.75) is 32.0 Å². The average Bonchev–Trinajstić information content (AvgIpc) is 3.18. The van der Waals surface area contributed by atoms with Gasteiger partial charge < -0.3 is 9.47 Å². The van der Waals surface area contributed by atoms with Crippen molar-refractivity contribution in [1.29, 1.82) is 0 Å². The van der Waals surface area contributed by atoms with Crippen LogP contribution in [0, 0.1) is 0 Å². The van der Waals surface area contributed by atoms with Crippen LogP contribution in [0.25, 0.3) is 0 Å². The molecule has 0 amide bonds. The molecule has 130 valence electrons. The Hall–Kier alpha value is -2.12. The molecule has 1 fully saturated rings. The quantitative estimate of drug-likeness (QED) is 0.830. The number of para-hydroxylation sites is 1. The number of methoxy groups -OCH3 is 1. The third-order valence-corrected chi connectivity index (χ3v) is 4.49. The lowest BCUT2D eigenvalue weighted by molar-refractivity contribution is 0.105. The largest absolute Gasteiger partial charge is 0.492 e. The molecule has 0 unspecified atom stereocenters. The van der Waals surface area contributed by atoms with Crippen LogP contribution in [0.3, 0.4) is 0 Å². The van der Waals surface area contributed by atoms with E-state index in [-0.39, 0.29) is 17.8 Å². The molecule has 0 aliphatic carbocycles. The number of aromatic amines is 1. The number of hydrogen-bond acceptors (Lipinski definition) is 5. The van der Waals surface area contributed by atoms with Gasteiger partial charge in [0.1, 0.15) is 12.4 Å². The number of nitrogens with zero attached hydrogens (tertiary/aromatic N) is 3. The first-order chi connectivity index (χ1) is 11.7. The van der Waals surface area contributed by atoms with E-state index in [1.54, 1.807) is 11.7 Å². The molecule has 1 aromatic carbocycles. The van der Waals surface area contributed by atoms with Gasteiger partial charge in [0, 0.05) is 26.7 Å². The van der Waals surface area contributed by atoms with Crippen molar-refractivity contribution < 1.29 is 9.47 Å². The molecule has 1 saturated heterocycles. The summed E-state index contributed by atoms with van der Waals surface area (Å²) in [4.78, 5) is 14.1. The van der Waals surface area contributed by atoms with Gasteiger partial charge in [0.25, 0.3) is 0 Å². The van der Waals surface area contributed by atoms with Crippen LogP contribution in [0.2, 0.25) is 0 Å². The van der Waals surface area contributed by atoms with Gasteiger partial charge >= 0.3 is 5.69 Å². The van der Waals surface area contributed by atoms with Gasteiger partial charge in [-0.25, -0.2) is 9.89 Å². The standard InChI is InChI=1S/C17H24N4O3/c1-3-21-16(18-19-17(21)22)15-11-14(23-2)12-20(15)9-10-24-13-7-5-4-6-8-13/h4-8,14-15H,3,9-12H2,1-2H3,(H,19,22)/t14-,15-/m0/s1. The summed E-state index contributed by atoms with van der Waals surface area (Å²) in [6, 6.07) is 9.84. The van der Waals surface area contributed by atoms with Crippen LogP contribution in [0.4, 0.5) is 0 Å². The molecule has 1 aliphatic heterocycles. The van der Waals surface area contributed by atoms with E-state index >= 15 is 0 Å². The number of likely N-dealkylation sites (tertiary alicyclic amines) is 1. The Bertz CT molecular complexity index is 697. The molecule has 0 saturated carbocycles. The van der Waals surface area contributed by atoms with Crippen molar-refractivity contribution in [2.75, 3.05) is 26.8 Å². The van der Waals surface area contributed by atoms with Crippen LogP contribution >= 0.6 is 0 Å². The molecule has 0 spiro atoms. The zero-order valence-electron chi connectivity index (χ0n) is 14.1. The number of ether oxygens (including phenoxy) is 2. The Kier molecular flexibility index (Phi) is 5.32. The van der Waals surface area contributed by atoms with Gasteiger partial charge in [-0.3, -0.25) is 9.47 Å². The topological polar surface area (TPSA) is 72.4 Å². The van der Waals surface area contributed by atoms with Crippen LogP contribution in [0.15, 0.2) is 35.1 Å².